The third-order valence-corrected chi connectivity index (χ3v) is 7.26. The highest BCUT2D eigenvalue weighted by Gasteiger charge is 2.26. The van der Waals surface area contributed by atoms with Gasteiger partial charge in [0.2, 0.25) is 5.71 Å². The maximum atomic E-state index is 11.6. The third kappa shape index (κ3) is 5.93. The monoisotopic (exact) mass is 528 g/mol. The normalized spacial score (nSPS) is 16.4. The van der Waals surface area contributed by atoms with Crippen molar-refractivity contribution in [2.45, 2.75) is 64.6 Å². The molecule has 0 atom stereocenters. The van der Waals surface area contributed by atoms with Crippen LogP contribution in [0.15, 0.2) is 22.6 Å². The molecule has 0 radical (unpaired) electrons. The second kappa shape index (κ2) is 11.6. The number of methoxy groups -OCH3 is 1. The van der Waals surface area contributed by atoms with Crippen LogP contribution in [-0.2, 0) is 35.4 Å². The largest absolute Gasteiger partial charge is 0.508 e. The number of halogens is 1. The number of furan rings is 1. The van der Waals surface area contributed by atoms with Gasteiger partial charge in [0.15, 0.2) is 0 Å². The van der Waals surface area contributed by atoms with Gasteiger partial charge in [0.25, 0.3) is 0 Å². The Kier molecular flexibility index (Phi) is 8.00. The topological polar surface area (TPSA) is 99.0 Å². The number of fused-ring (bicyclic) bond motifs is 3. The molecule has 1 aliphatic heterocycles. The summed E-state index contributed by atoms with van der Waals surface area (Å²) in [7, 11) is 1.61. The average molecular weight is 529 g/mol. The lowest BCUT2D eigenvalue weighted by Gasteiger charge is -2.30. The molecule has 2 aromatic heterocycles. The number of aromatic nitrogens is 2. The third-order valence-electron chi connectivity index (χ3n) is 6.96. The highest BCUT2D eigenvalue weighted by molar-refractivity contribution is 6.32. The fourth-order valence-corrected chi connectivity index (χ4v) is 5.36. The maximum absolute atomic E-state index is 11.6. The first-order chi connectivity index (χ1) is 18.0. The Morgan fingerprint density at radius 2 is 2.03 bits per heavy atom. The zero-order valence-corrected chi connectivity index (χ0v) is 22.1. The summed E-state index contributed by atoms with van der Waals surface area (Å²) in [6.07, 6.45) is 4.96. The van der Waals surface area contributed by atoms with Crippen LogP contribution in [-0.4, -0.2) is 53.9 Å². The highest BCUT2D eigenvalue weighted by Crippen LogP contribution is 2.35. The van der Waals surface area contributed by atoms with Gasteiger partial charge in [0, 0.05) is 31.6 Å². The van der Waals surface area contributed by atoms with Crippen LogP contribution in [0, 0.1) is 0 Å². The quantitative estimate of drug-likeness (QED) is 0.379. The van der Waals surface area contributed by atoms with Gasteiger partial charge in [-0.3, -0.25) is 4.90 Å². The lowest BCUT2D eigenvalue weighted by atomic mass is 9.96. The van der Waals surface area contributed by atoms with E-state index < -0.39 is 6.16 Å². The zero-order valence-electron chi connectivity index (χ0n) is 21.3. The maximum Gasteiger partial charge on any atom is 0.508 e. The van der Waals surface area contributed by atoms with Crippen LogP contribution in [0.4, 0.5) is 10.6 Å². The van der Waals surface area contributed by atoms with Gasteiger partial charge in [-0.05, 0) is 56.7 Å². The molecule has 198 valence electrons. The number of hydrogen-bond acceptors (Lipinski definition) is 9. The van der Waals surface area contributed by atoms with E-state index in [1.54, 1.807) is 14.0 Å². The second-order valence-electron chi connectivity index (χ2n) is 9.48. The van der Waals surface area contributed by atoms with Crippen LogP contribution in [0.3, 0.4) is 0 Å². The first-order valence-corrected chi connectivity index (χ1v) is 13.3. The number of anilines is 1. The van der Waals surface area contributed by atoms with Crippen molar-refractivity contribution in [2.75, 3.05) is 32.1 Å². The number of nitrogens with zero attached hydrogens (tertiary/aromatic N) is 3. The number of likely N-dealkylation sites (tertiary alicyclic amines) is 1. The van der Waals surface area contributed by atoms with Gasteiger partial charge < -0.3 is 23.9 Å². The number of nitrogens with one attached hydrogen (secondary N) is 1. The lowest BCUT2D eigenvalue weighted by molar-refractivity contribution is 0.000622. The van der Waals surface area contributed by atoms with Crippen molar-refractivity contribution in [3.05, 3.63) is 45.9 Å². The summed E-state index contributed by atoms with van der Waals surface area (Å²) in [6, 6.07) is 5.76. The molecule has 37 heavy (non-hydrogen) atoms. The van der Waals surface area contributed by atoms with Crippen LogP contribution < -0.4 is 10.1 Å². The molecular formula is C27H33ClN4O5. The Bertz CT molecular complexity index is 1260. The van der Waals surface area contributed by atoms with Crippen molar-refractivity contribution in [1.82, 2.24) is 14.9 Å². The highest BCUT2D eigenvalue weighted by atomic mass is 35.5. The number of carbonyl (C=O) groups is 1. The first kappa shape index (κ1) is 25.6. The Labute approximate surface area is 221 Å². The summed E-state index contributed by atoms with van der Waals surface area (Å²) >= 11 is 6.34. The molecule has 1 aromatic carbocycles. The van der Waals surface area contributed by atoms with Crippen LogP contribution >= 0.6 is 11.6 Å². The van der Waals surface area contributed by atoms with Crippen molar-refractivity contribution in [1.29, 1.82) is 0 Å². The molecule has 0 amide bonds. The summed E-state index contributed by atoms with van der Waals surface area (Å²) < 4.78 is 21.8. The van der Waals surface area contributed by atoms with E-state index in [4.69, 9.17) is 40.2 Å². The van der Waals surface area contributed by atoms with Gasteiger partial charge >= 0.3 is 6.16 Å². The van der Waals surface area contributed by atoms with Crippen LogP contribution in [0.2, 0.25) is 5.02 Å². The predicted octanol–water partition coefficient (Wildman–Crippen LogP) is 5.51. The minimum atomic E-state index is -0.592. The number of rotatable bonds is 8. The Morgan fingerprint density at radius 1 is 1.22 bits per heavy atom. The van der Waals surface area contributed by atoms with Crippen LogP contribution in [0.5, 0.6) is 5.75 Å². The van der Waals surface area contributed by atoms with E-state index in [0.29, 0.717) is 42.0 Å². The van der Waals surface area contributed by atoms with Gasteiger partial charge in [-0.1, -0.05) is 17.7 Å². The molecule has 3 heterocycles. The number of carbonyl (C=O) groups excluding carboxylic acids is 1. The average Bonchev–Trinajstić information content (AvgIpc) is 3.27. The molecule has 5 rings (SSSR count). The van der Waals surface area contributed by atoms with Crippen molar-refractivity contribution in [2.24, 2.45) is 0 Å². The van der Waals surface area contributed by atoms with E-state index in [0.717, 1.165) is 74.1 Å². The molecule has 1 fully saturated rings. The van der Waals surface area contributed by atoms with E-state index in [2.05, 4.69) is 10.2 Å². The van der Waals surface area contributed by atoms with E-state index in [-0.39, 0.29) is 6.10 Å². The summed E-state index contributed by atoms with van der Waals surface area (Å²) in [6.45, 7) is 4.81. The summed E-state index contributed by atoms with van der Waals surface area (Å²) in [5.74, 6) is 3.18. The molecule has 0 bridgehead atoms. The van der Waals surface area contributed by atoms with Gasteiger partial charge in [-0.15, -0.1) is 0 Å². The van der Waals surface area contributed by atoms with E-state index in [9.17, 15) is 4.79 Å². The minimum Gasteiger partial charge on any atom is -0.495 e. The van der Waals surface area contributed by atoms with E-state index >= 15 is 0 Å². The molecule has 0 unspecified atom stereocenters. The fourth-order valence-electron chi connectivity index (χ4n) is 5.08. The fraction of sp³-hybridized carbons (Fsp3) is 0.519. The smallest absolute Gasteiger partial charge is 0.495 e. The second-order valence-corrected chi connectivity index (χ2v) is 9.89. The van der Waals surface area contributed by atoms with Crippen molar-refractivity contribution >= 4 is 34.7 Å². The standard InChI is InChI=1S/C27H33ClN4O5/c1-3-35-27(33)36-18-10-12-32(13-11-18)16-23-30-25(29-15-17-8-9-22(34-2)20(28)14-17)24-19-6-4-5-7-21(19)37-26(24)31-23/h8-9,14,18H,3-7,10-13,15-16H2,1-2H3,(H,29,30,31). The van der Waals surface area contributed by atoms with Crippen molar-refractivity contribution < 1.29 is 23.4 Å². The van der Waals surface area contributed by atoms with E-state index in [1.807, 2.05) is 18.2 Å². The molecule has 10 heteroatoms. The number of hydrogen-bond donors (Lipinski definition) is 1. The number of benzene rings is 1. The summed E-state index contributed by atoms with van der Waals surface area (Å²) in [4.78, 5) is 23.7. The molecule has 0 spiro atoms. The predicted molar refractivity (Wildman–Crippen MR) is 140 cm³/mol. The SMILES string of the molecule is CCOC(=O)OC1CCN(Cc2nc(NCc3ccc(OC)c(Cl)c3)c3c4c(oc3n2)CCCC4)CC1. The van der Waals surface area contributed by atoms with Crippen molar-refractivity contribution in [3.8, 4) is 5.75 Å². The Hall–Kier alpha value is -3.04. The zero-order chi connectivity index (χ0) is 25.8. The minimum absolute atomic E-state index is 0.121. The number of aryl methyl sites for hydroxylation is 2. The molecular weight excluding hydrogens is 496 g/mol. The van der Waals surface area contributed by atoms with Crippen LogP contribution in [0.1, 0.15) is 55.3 Å². The molecule has 0 saturated carbocycles. The van der Waals surface area contributed by atoms with E-state index in [1.165, 1.54) is 5.56 Å². The molecule has 9 nitrogen and oxygen atoms in total. The Morgan fingerprint density at radius 3 is 2.78 bits per heavy atom. The van der Waals surface area contributed by atoms with Gasteiger partial charge in [-0.2, -0.15) is 4.98 Å². The Balaban J connectivity index is 1.33. The van der Waals surface area contributed by atoms with Gasteiger partial charge in [0.1, 0.15) is 29.3 Å². The molecule has 3 aromatic rings. The number of ether oxygens (including phenoxy) is 3. The number of piperidine rings is 1. The van der Waals surface area contributed by atoms with Gasteiger partial charge in [0.05, 0.1) is 30.7 Å². The van der Waals surface area contributed by atoms with Crippen molar-refractivity contribution in [3.63, 3.8) is 0 Å². The van der Waals surface area contributed by atoms with Crippen LogP contribution in [0.25, 0.3) is 11.1 Å². The molecule has 1 aliphatic carbocycles. The first-order valence-electron chi connectivity index (χ1n) is 13.0. The lowest BCUT2D eigenvalue weighted by Crippen LogP contribution is -2.37. The molecule has 2 aliphatic rings. The summed E-state index contributed by atoms with van der Waals surface area (Å²) in [5, 5.41) is 5.08. The van der Waals surface area contributed by atoms with Gasteiger partial charge in [-0.25, -0.2) is 9.78 Å². The molecule has 1 saturated heterocycles. The summed E-state index contributed by atoms with van der Waals surface area (Å²) in [5.41, 5.74) is 2.90. The molecule has 1 N–H and O–H groups in total.